The predicted octanol–water partition coefficient (Wildman–Crippen LogP) is 3.94. The van der Waals surface area contributed by atoms with Crippen molar-refractivity contribution in [3.05, 3.63) is 70.2 Å². The minimum Gasteiger partial charge on any atom is -0.329 e. The normalized spacial score (nSPS) is 11.9. The average Bonchev–Trinajstić information content (AvgIpc) is 2.55. The molecular weight excluding hydrogens is 371 g/mol. The molecule has 7 heteroatoms. The Morgan fingerprint density at radius 3 is 1.67 bits per heavy atom. The SMILES string of the molecule is Cc1ccc(C(=O)NC(NC(=O)c2ccc(Cl)cc2)C(Cl)Cl)cc1. The van der Waals surface area contributed by atoms with Gasteiger partial charge in [-0.1, -0.05) is 29.3 Å². The average molecular weight is 386 g/mol. The molecule has 0 fully saturated rings. The van der Waals surface area contributed by atoms with E-state index in [9.17, 15) is 9.59 Å². The van der Waals surface area contributed by atoms with Crippen molar-refractivity contribution >= 4 is 46.6 Å². The van der Waals surface area contributed by atoms with Crippen molar-refractivity contribution in [1.82, 2.24) is 10.6 Å². The number of amides is 2. The largest absolute Gasteiger partial charge is 0.329 e. The molecule has 0 heterocycles. The molecular formula is C17H15Cl3N2O2. The van der Waals surface area contributed by atoms with Crippen LogP contribution < -0.4 is 10.6 Å². The molecule has 0 aromatic heterocycles. The third kappa shape index (κ3) is 5.13. The van der Waals surface area contributed by atoms with Gasteiger partial charge in [0.25, 0.3) is 11.8 Å². The van der Waals surface area contributed by atoms with Gasteiger partial charge in [0.05, 0.1) is 0 Å². The summed E-state index contributed by atoms with van der Waals surface area (Å²) in [5, 5.41) is 5.71. The highest BCUT2D eigenvalue weighted by Gasteiger charge is 2.22. The summed E-state index contributed by atoms with van der Waals surface area (Å²) in [6.45, 7) is 1.92. The van der Waals surface area contributed by atoms with Crippen molar-refractivity contribution in [1.29, 1.82) is 0 Å². The summed E-state index contributed by atoms with van der Waals surface area (Å²) < 4.78 is 0. The molecule has 2 amide bonds. The first kappa shape index (κ1) is 18.6. The Bertz CT molecular complexity index is 656. The van der Waals surface area contributed by atoms with Crippen LogP contribution in [-0.2, 0) is 0 Å². The third-order valence-corrected chi connectivity index (χ3v) is 4.00. The van der Waals surface area contributed by atoms with Crippen molar-refractivity contribution in [3.8, 4) is 0 Å². The first-order chi connectivity index (χ1) is 11.4. The summed E-state index contributed by atoms with van der Waals surface area (Å²) >= 11 is 17.5. The molecule has 1 atom stereocenters. The molecule has 0 aliphatic carbocycles. The second-order valence-corrected chi connectivity index (χ2v) is 6.73. The summed E-state index contributed by atoms with van der Waals surface area (Å²) in [6, 6.07) is 13.3. The second kappa shape index (κ2) is 8.38. The molecule has 0 spiro atoms. The third-order valence-electron chi connectivity index (χ3n) is 3.25. The van der Waals surface area contributed by atoms with Crippen molar-refractivity contribution in [2.24, 2.45) is 0 Å². The van der Waals surface area contributed by atoms with Crippen LogP contribution >= 0.6 is 34.8 Å². The number of alkyl halides is 2. The fourth-order valence-electron chi connectivity index (χ4n) is 1.92. The molecule has 2 aromatic rings. The first-order valence-electron chi connectivity index (χ1n) is 7.09. The highest BCUT2D eigenvalue weighted by atomic mass is 35.5. The molecule has 0 aliphatic heterocycles. The van der Waals surface area contributed by atoms with Crippen LogP contribution in [0.5, 0.6) is 0 Å². The summed E-state index contributed by atoms with van der Waals surface area (Å²) in [5.41, 5.74) is 1.86. The van der Waals surface area contributed by atoms with Gasteiger partial charge in [-0.25, -0.2) is 0 Å². The van der Waals surface area contributed by atoms with Gasteiger partial charge in [0.15, 0.2) is 0 Å². The van der Waals surface area contributed by atoms with Gasteiger partial charge in [0, 0.05) is 16.1 Å². The molecule has 0 radical (unpaired) electrons. The number of carbonyl (C=O) groups is 2. The van der Waals surface area contributed by atoms with Gasteiger partial charge < -0.3 is 10.6 Å². The van der Waals surface area contributed by atoms with Crippen molar-refractivity contribution in [3.63, 3.8) is 0 Å². The zero-order valence-electron chi connectivity index (χ0n) is 12.7. The van der Waals surface area contributed by atoms with Crippen molar-refractivity contribution in [2.45, 2.75) is 17.9 Å². The molecule has 0 bridgehead atoms. The van der Waals surface area contributed by atoms with Gasteiger partial charge in [0.2, 0.25) is 0 Å². The highest BCUT2D eigenvalue weighted by Crippen LogP contribution is 2.12. The Hall–Kier alpha value is -1.75. The van der Waals surface area contributed by atoms with Crippen LogP contribution in [0.1, 0.15) is 26.3 Å². The van der Waals surface area contributed by atoms with Crippen molar-refractivity contribution < 1.29 is 9.59 Å². The molecule has 2 N–H and O–H groups in total. The summed E-state index contributed by atoms with van der Waals surface area (Å²) in [5.74, 6) is -0.810. The molecule has 0 aliphatic rings. The molecule has 2 rings (SSSR count). The number of nitrogens with one attached hydrogen (secondary N) is 2. The van der Waals surface area contributed by atoms with E-state index < -0.39 is 16.9 Å². The minimum atomic E-state index is -1.02. The van der Waals surface area contributed by atoms with E-state index in [4.69, 9.17) is 34.8 Å². The van der Waals surface area contributed by atoms with Crippen LogP contribution in [0.2, 0.25) is 5.02 Å². The molecule has 4 nitrogen and oxygen atoms in total. The topological polar surface area (TPSA) is 58.2 Å². The Kier molecular flexibility index (Phi) is 6.49. The van der Waals surface area contributed by atoms with E-state index in [1.54, 1.807) is 36.4 Å². The van der Waals surface area contributed by atoms with Crippen LogP contribution in [-0.4, -0.2) is 22.8 Å². The number of aryl methyl sites for hydroxylation is 1. The lowest BCUT2D eigenvalue weighted by Gasteiger charge is -2.21. The van der Waals surface area contributed by atoms with E-state index in [1.807, 2.05) is 19.1 Å². The summed E-state index contributed by atoms with van der Waals surface area (Å²) in [7, 11) is 0. The van der Waals surface area contributed by atoms with Gasteiger partial charge in [-0.05, 0) is 43.3 Å². The zero-order valence-corrected chi connectivity index (χ0v) is 15.0. The fraction of sp³-hybridized carbons (Fsp3) is 0.176. The van der Waals surface area contributed by atoms with Gasteiger partial charge in [-0.2, -0.15) is 0 Å². The van der Waals surface area contributed by atoms with E-state index in [-0.39, 0.29) is 5.91 Å². The maximum Gasteiger partial charge on any atom is 0.252 e. The van der Waals surface area contributed by atoms with E-state index in [1.165, 1.54) is 0 Å². The van der Waals surface area contributed by atoms with Crippen LogP contribution in [0.15, 0.2) is 48.5 Å². The van der Waals surface area contributed by atoms with Gasteiger partial charge >= 0.3 is 0 Å². The molecule has 24 heavy (non-hydrogen) atoms. The Labute approximate surface area is 155 Å². The standard InChI is InChI=1S/C17H15Cl3N2O2/c1-10-2-4-11(5-3-10)16(23)21-15(14(19)20)22-17(24)12-6-8-13(18)9-7-12/h2-9,14-15H,1H3,(H,21,23)(H,22,24). The number of hydrogen-bond donors (Lipinski definition) is 2. The second-order valence-electron chi connectivity index (χ2n) is 5.13. The summed E-state index contributed by atoms with van der Waals surface area (Å²) in [6.07, 6.45) is -0.940. The van der Waals surface area contributed by atoms with Crippen LogP contribution in [0.3, 0.4) is 0 Å². The first-order valence-corrected chi connectivity index (χ1v) is 8.34. The maximum absolute atomic E-state index is 12.2. The van der Waals surface area contributed by atoms with Gasteiger partial charge in [-0.15, -0.1) is 23.2 Å². The predicted molar refractivity (Wildman–Crippen MR) is 96.8 cm³/mol. The quantitative estimate of drug-likeness (QED) is 0.605. The lowest BCUT2D eigenvalue weighted by molar-refractivity contribution is 0.0888. The number of rotatable bonds is 5. The molecule has 126 valence electrons. The Morgan fingerprint density at radius 2 is 1.25 bits per heavy atom. The molecule has 0 saturated heterocycles. The molecule has 1 unspecified atom stereocenters. The van der Waals surface area contributed by atoms with Gasteiger partial charge in [0.1, 0.15) is 11.0 Å². The lowest BCUT2D eigenvalue weighted by atomic mass is 10.1. The van der Waals surface area contributed by atoms with Crippen LogP contribution in [0, 0.1) is 6.92 Å². The van der Waals surface area contributed by atoms with E-state index in [2.05, 4.69) is 10.6 Å². The van der Waals surface area contributed by atoms with Crippen molar-refractivity contribution in [2.75, 3.05) is 0 Å². The zero-order chi connectivity index (χ0) is 17.7. The van der Waals surface area contributed by atoms with E-state index in [0.717, 1.165) is 5.56 Å². The van der Waals surface area contributed by atoms with Crippen LogP contribution in [0.4, 0.5) is 0 Å². The highest BCUT2D eigenvalue weighted by molar-refractivity contribution is 6.45. The fourth-order valence-corrected chi connectivity index (χ4v) is 2.30. The van der Waals surface area contributed by atoms with E-state index >= 15 is 0 Å². The molecule has 0 saturated carbocycles. The summed E-state index contributed by atoms with van der Waals surface area (Å²) in [4.78, 5) is 23.4. The monoisotopic (exact) mass is 384 g/mol. The van der Waals surface area contributed by atoms with Crippen LogP contribution in [0.25, 0.3) is 0 Å². The lowest BCUT2D eigenvalue weighted by Crippen LogP contribution is -2.51. The number of hydrogen-bond acceptors (Lipinski definition) is 2. The molecule has 2 aromatic carbocycles. The smallest absolute Gasteiger partial charge is 0.252 e. The number of benzene rings is 2. The van der Waals surface area contributed by atoms with E-state index in [0.29, 0.717) is 16.1 Å². The minimum absolute atomic E-state index is 0.378. The Balaban J connectivity index is 2.06. The number of carbonyl (C=O) groups excluding carboxylic acids is 2. The van der Waals surface area contributed by atoms with Gasteiger partial charge in [-0.3, -0.25) is 9.59 Å². The Morgan fingerprint density at radius 1 is 0.833 bits per heavy atom. The number of halogens is 3. The maximum atomic E-state index is 12.2.